The molecule has 16 heavy (non-hydrogen) atoms. The standard InChI is InChI=1S/C10H16N4O.ClH/c11-9-8(12-6-13-9)10(15)14-7-4-2-1-3-5-7;/h6-7H,1-5,11H2,(H,12,13)(H,14,15);1H. The van der Waals surface area contributed by atoms with Crippen molar-refractivity contribution in [3.63, 3.8) is 0 Å². The van der Waals surface area contributed by atoms with Gasteiger partial charge in [-0.15, -0.1) is 12.4 Å². The van der Waals surface area contributed by atoms with Crippen molar-refractivity contribution < 1.29 is 4.79 Å². The molecule has 2 rings (SSSR count). The molecule has 1 saturated carbocycles. The third-order valence-electron chi connectivity index (χ3n) is 2.84. The number of aromatic nitrogens is 2. The molecule has 5 nitrogen and oxygen atoms in total. The molecule has 0 bridgehead atoms. The number of aromatic amines is 1. The number of hydrogen-bond donors (Lipinski definition) is 3. The summed E-state index contributed by atoms with van der Waals surface area (Å²) in [6, 6.07) is 0.300. The van der Waals surface area contributed by atoms with E-state index in [-0.39, 0.29) is 24.1 Å². The molecule has 0 aromatic carbocycles. The second-order valence-electron chi connectivity index (χ2n) is 3.97. The molecule has 1 aromatic heterocycles. The number of imidazole rings is 1. The Morgan fingerprint density at radius 1 is 1.44 bits per heavy atom. The number of nitrogens with zero attached hydrogens (tertiary/aromatic N) is 1. The number of carbonyl (C=O) groups excluding carboxylic acids is 1. The Kier molecular flexibility index (Phi) is 4.61. The maximum Gasteiger partial charge on any atom is 0.271 e. The first-order valence-electron chi connectivity index (χ1n) is 5.37. The third kappa shape index (κ3) is 2.88. The molecule has 0 atom stereocenters. The summed E-state index contributed by atoms with van der Waals surface area (Å²) >= 11 is 0. The highest BCUT2D eigenvalue weighted by molar-refractivity contribution is 5.96. The monoisotopic (exact) mass is 244 g/mol. The first kappa shape index (κ1) is 12.8. The SMILES string of the molecule is Cl.Nc1nc[nH]c1C(=O)NC1CCCCC1. The summed E-state index contributed by atoms with van der Waals surface area (Å²) in [6.07, 6.45) is 7.25. The number of rotatable bonds is 2. The van der Waals surface area contributed by atoms with Gasteiger partial charge in [-0.25, -0.2) is 4.98 Å². The van der Waals surface area contributed by atoms with E-state index in [0.717, 1.165) is 12.8 Å². The fourth-order valence-corrected chi connectivity index (χ4v) is 1.99. The maximum atomic E-state index is 11.7. The lowest BCUT2D eigenvalue weighted by Gasteiger charge is -2.22. The van der Waals surface area contributed by atoms with Crippen LogP contribution in [0.1, 0.15) is 42.6 Å². The normalized spacial score (nSPS) is 16.5. The summed E-state index contributed by atoms with van der Waals surface area (Å²) in [5.74, 6) is 0.125. The van der Waals surface area contributed by atoms with E-state index in [0.29, 0.717) is 11.7 Å². The van der Waals surface area contributed by atoms with Crippen molar-refractivity contribution in [1.29, 1.82) is 0 Å². The van der Waals surface area contributed by atoms with Crippen LogP contribution in [0.25, 0.3) is 0 Å². The molecule has 0 aliphatic heterocycles. The molecule has 6 heteroatoms. The van der Waals surface area contributed by atoms with Gasteiger partial charge in [-0.05, 0) is 12.8 Å². The molecular weight excluding hydrogens is 228 g/mol. The summed E-state index contributed by atoms with van der Waals surface area (Å²) in [6.45, 7) is 0. The van der Waals surface area contributed by atoms with Crippen LogP contribution in [-0.4, -0.2) is 21.9 Å². The summed E-state index contributed by atoms with van der Waals surface area (Å²) in [7, 11) is 0. The Morgan fingerprint density at radius 3 is 2.69 bits per heavy atom. The highest BCUT2D eigenvalue weighted by atomic mass is 35.5. The maximum absolute atomic E-state index is 11.7. The summed E-state index contributed by atoms with van der Waals surface area (Å²) in [4.78, 5) is 18.3. The van der Waals surface area contributed by atoms with Crippen LogP contribution in [0.3, 0.4) is 0 Å². The van der Waals surface area contributed by atoms with Gasteiger partial charge in [-0.2, -0.15) is 0 Å². The Bertz CT molecular complexity index is 346. The van der Waals surface area contributed by atoms with Crippen LogP contribution in [0, 0.1) is 0 Å². The largest absolute Gasteiger partial charge is 0.382 e. The second kappa shape index (κ2) is 5.75. The molecule has 0 spiro atoms. The first-order valence-corrected chi connectivity index (χ1v) is 5.37. The van der Waals surface area contributed by atoms with Crippen LogP contribution in [0.15, 0.2) is 6.33 Å². The van der Waals surface area contributed by atoms with Crippen LogP contribution in [-0.2, 0) is 0 Å². The van der Waals surface area contributed by atoms with Gasteiger partial charge in [0.05, 0.1) is 6.33 Å². The minimum atomic E-state index is -0.142. The Labute approximate surface area is 101 Å². The van der Waals surface area contributed by atoms with Crippen molar-refractivity contribution in [2.45, 2.75) is 38.1 Å². The summed E-state index contributed by atoms with van der Waals surface area (Å²) in [5, 5.41) is 2.97. The Morgan fingerprint density at radius 2 is 2.12 bits per heavy atom. The van der Waals surface area contributed by atoms with Gasteiger partial charge in [0.2, 0.25) is 0 Å². The van der Waals surface area contributed by atoms with Crippen LogP contribution in [0.4, 0.5) is 5.82 Å². The molecule has 1 aliphatic carbocycles. The van der Waals surface area contributed by atoms with E-state index in [9.17, 15) is 4.79 Å². The van der Waals surface area contributed by atoms with E-state index in [1.807, 2.05) is 0 Å². The lowest BCUT2D eigenvalue weighted by molar-refractivity contribution is 0.0924. The number of nitrogens with one attached hydrogen (secondary N) is 2. The van der Waals surface area contributed by atoms with Gasteiger partial charge >= 0.3 is 0 Å². The number of carbonyl (C=O) groups is 1. The minimum absolute atomic E-state index is 0. The quantitative estimate of drug-likeness (QED) is 0.737. The van der Waals surface area contributed by atoms with Crippen molar-refractivity contribution in [2.75, 3.05) is 5.73 Å². The molecule has 1 heterocycles. The van der Waals surface area contributed by atoms with Gasteiger partial charge in [0, 0.05) is 6.04 Å². The fourth-order valence-electron chi connectivity index (χ4n) is 1.99. The average Bonchev–Trinajstić information content (AvgIpc) is 2.66. The van der Waals surface area contributed by atoms with Crippen LogP contribution in [0.2, 0.25) is 0 Å². The summed E-state index contributed by atoms with van der Waals surface area (Å²) in [5.41, 5.74) is 5.92. The Hall–Kier alpha value is -1.23. The van der Waals surface area contributed by atoms with E-state index in [1.165, 1.54) is 25.6 Å². The van der Waals surface area contributed by atoms with Gasteiger partial charge < -0.3 is 16.0 Å². The highest BCUT2D eigenvalue weighted by Crippen LogP contribution is 2.18. The molecule has 1 fully saturated rings. The van der Waals surface area contributed by atoms with Gasteiger partial charge in [-0.3, -0.25) is 4.79 Å². The van der Waals surface area contributed by atoms with Crippen molar-refractivity contribution in [2.24, 2.45) is 0 Å². The number of nitrogen functional groups attached to an aromatic ring is 1. The van der Waals surface area contributed by atoms with Crippen LogP contribution < -0.4 is 11.1 Å². The molecule has 90 valence electrons. The lowest BCUT2D eigenvalue weighted by Crippen LogP contribution is -2.36. The predicted molar refractivity (Wildman–Crippen MR) is 64.6 cm³/mol. The van der Waals surface area contributed by atoms with Crippen molar-refractivity contribution >= 4 is 24.1 Å². The molecular formula is C10H17ClN4O. The van der Waals surface area contributed by atoms with Crippen molar-refractivity contribution in [1.82, 2.24) is 15.3 Å². The van der Waals surface area contributed by atoms with E-state index in [1.54, 1.807) is 0 Å². The molecule has 0 saturated heterocycles. The van der Waals surface area contributed by atoms with E-state index < -0.39 is 0 Å². The van der Waals surface area contributed by atoms with E-state index in [2.05, 4.69) is 15.3 Å². The minimum Gasteiger partial charge on any atom is -0.382 e. The van der Waals surface area contributed by atoms with Gasteiger partial charge in [0.1, 0.15) is 5.69 Å². The van der Waals surface area contributed by atoms with E-state index >= 15 is 0 Å². The highest BCUT2D eigenvalue weighted by Gasteiger charge is 2.18. The molecule has 1 aliphatic rings. The fraction of sp³-hybridized carbons (Fsp3) is 0.600. The lowest BCUT2D eigenvalue weighted by atomic mass is 9.95. The number of hydrogen-bond acceptors (Lipinski definition) is 3. The number of nitrogens with two attached hydrogens (primary N) is 1. The number of H-pyrrole nitrogens is 1. The second-order valence-corrected chi connectivity index (χ2v) is 3.97. The van der Waals surface area contributed by atoms with Crippen LogP contribution >= 0.6 is 12.4 Å². The zero-order chi connectivity index (χ0) is 10.7. The topological polar surface area (TPSA) is 83.8 Å². The summed E-state index contributed by atoms with van der Waals surface area (Å²) < 4.78 is 0. The first-order chi connectivity index (χ1) is 7.27. The smallest absolute Gasteiger partial charge is 0.271 e. The third-order valence-corrected chi connectivity index (χ3v) is 2.84. The van der Waals surface area contributed by atoms with Gasteiger partial charge in [0.25, 0.3) is 5.91 Å². The average molecular weight is 245 g/mol. The molecule has 4 N–H and O–H groups in total. The number of amides is 1. The molecule has 1 amide bonds. The van der Waals surface area contributed by atoms with Crippen molar-refractivity contribution in [3.8, 4) is 0 Å². The Balaban J connectivity index is 0.00000128. The van der Waals surface area contributed by atoms with Gasteiger partial charge in [0.15, 0.2) is 5.82 Å². The van der Waals surface area contributed by atoms with Crippen LogP contribution in [0.5, 0.6) is 0 Å². The number of anilines is 1. The predicted octanol–water partition coefficient (Wildman–Crippen LogP) is 1.48. The zero-order valence-corrected chi connectivity index (χ0v) is 9.85. The molecule has 0 radical (unpaired) electrons. The number of halogens is 1. The molecule has 1 aromatic rings. The van der Waals surface area contributed by atoms with E-state index in [4.69, 9.17) is 5.73 Å². The zero-order valence-electron chi connectivity index (χ0n) is 9.03. The van der Waals surface area contributed by atoms with Crippen molar-refractivity contribution in [3.05, 3.63) is 12.0 Å². The molecule has 0 unspecified atom stereocenters. The van der Waals surface area contributed by atoms with Gasteiger partial charge in [-0.1, -0.05) is 19.3 Å².